The number of amides is 1. The number of aliphatic hydroxyl groups excluding tert-OH is 4. The summed E-state index contributed by atoms with van der Waals surface area (Å²) in [5, 5.41) is 54.0. The lowest BCUT2D eigenvalue weighted by atomic mass is 9.92. The molecule has 8 N–H and O–H groups in total. The number of hydrogen-bond donors (Lipinski definition) is 7. The standard InChI is InChI=1S/C20H38N2O12/c1-11-16(26)13(25)9-15(32-11)34-18-17(27)14(10-23)33-19(20(18,28)22-12(2)24)31-8-7-30-6-5-29-4-3-21/h11,13-19,23,25-28H,3-10,21H2,1-2H3,(H,22,24)/t11-,13-,14+,15-,16+,17+,18-,19+,20+/m0/s1. The molecular formula is C20H38N2O12. The van der Waals surface area contributed by atoms with Crippen LogP contribution >= 0.6 is 0 Å². The van der Waals surface area contributed by atoms with Gasteiger partial charge in [-0.1, -0.05) is 0 Å². The summed E-state index contributed by atoms with van der Waals surface area (Å²) in [6.07, 6.45) is -10.4. The highest BCUT2D eigenvalue weighted by Crippen LogP contribution is 2.34. The molecular weight excluding hydrogens is 460 g/mol. The van der Waals surface area contributed by atoms with Crippen molar-refractivity contribution in [2.75, 3.05) is 46.2 Å². The Morgan fingerprint density at radius 1 is 1.09 bits per heavy atom. The molecule has 2 heterocycles. The first kappa shape index (κ1) is 29.2. The van der Waals surface area contributed by atoms with E-state index in [0.29, 0.717) is 19.8 Å². The van der Waals surface area contributed by atoms with Gasteiger partial charge in [0.15, 0.2) is 6.29 Å². The molecule has 200 valence electrons. The molecule has 0 aromatic rings. The second kappa shape index (κ2) is 13.9. The fourth-order valence-corrected chi connectivity index (χ4v) is 3.74. The third kappa shape index (κ3) is 7.74. The zero-order valence-electron chi connectivity index (χ0n) is 19.4. The van der Waals surface area contributed by atoms with E-state index >= 15 is 0 Å². The maximum absolute atomic E-state index is 11.9. The maximum Gasteiger partial charge on any atom is 0.219 e. The van der Waals surface area contributed by atoms with Gasteiger partial charge in [-0.05, 0) is 6.92 Å². The van der Waals surface area contributed by atoms with E-state index in [9.17, 15) is 30.3 Å². The number of nitrogens with two attached hydrogens (primary N) is 1. The zero-order chi connectivity index (χ0) is 25.3. The first-order valence-corrected chi connectivity index (χ1v) is 11.2. The summed E-state index contributed by atoms with van der Waals surface area (Å²) < 4.78 is 32.9. The minimum Gasteiger partial charge on any atom is -0.394 e. The van der Waals surface area contributed by atoms with Crippen molar-refractivity contribution < 1.29 is 58.7 Å². The summed E-state index contributed by atoms with van der Waals surface area (Å²) in [5.41, 5.74) is 2.93. The van der Waals surface area contributed by atoms with Gasteiger partial charge in [0.2, 0.25) is 17.9 Å². The Hall–Kier alpha value is -1.01. The molecule has 0 spiro atoms. The first-order chi connectivity index (χ1) is 16.1. The number of hydrogen-bond acceptors (Lipinski definition) is 13. The van der Waals surface area contributed by atoms with Crippen LogP contribution in [0.2, 0.25) is 0 Å². The molecule has 0 radical (unpaired) electrons. The second-order valence-corrected chi connectivity index (χ2v) is 8.19. The lowest BCUT2D eigenvalue weighted by Gasteiger charge is -2.50. The van der Waals surface area contributed by atoms with Crippen molar-refractivity contribution in [3.63, 3.8) is 0 Å². The number of rotatable bonds is 13. The molecule has 0 aromatic heterocycles. The van der Waals surface area contributed by atoms with Crippen molar-refractivity contribution in [2.24, 2.45) is 5.73 Å². The van der Waals surface area contributed by atoms with Gasteiger partial charge < -0.3 is 65.0 Å². The molecule has 14 heteroatoms. The Bertz CT molecular complexity index is 604. The van der Waals surface area contributed by atoms with E-state index in [4.69, 9.17) is 34.2 Å². The molecule has 1 amide bonds. The van der Waals surface area contributed by atoms with Crippen LogP contribution in [0, 0.1) is 0 Å². The summed E-state index contributed by atoms with van der Waals surface area (Å²) in [6, 6.07) is 0. The highest BCUT2D eigenvalue weighted by atomic mass is 16.7. The molecule has 0 aliphatic carbocycles. The van der Waals surface area contributed by atoms with Gasteiger partial charge in [0, 0.05) is 19.9 Å². The minimum absolute atomic E-state index is 0.0771. The Morgan fingerprint density at radius 3 is 2.32 bits per heavy atom. The second-order valence-electron chi connectivity index (χ2n) is 8.19. The van der Waals surface area contributed by atoms with Gasteiger partial charge in [-0.25, -0.2) is 0 Å². The number of nitrogens with one attached hydrogen (secondary N) is 1. The Morgan fingerprint density at radius 2 is 1.74 bits per heavy atom. The Labute approximate surface area is 197 Å². The van der Waals surface area contributed by atoms with Crippen molar-refractivity contribution in [1.82, 2.24) is 5.32 Å². The van der Waals surface area contributed by atoms with Crippen LogP contribution in [0.25, 0.3) is 0 Å². The van der Waals surface area contributed by atoms with Crippen molar-refractivity contribution in [3.8, 4) is 0 Å². The van der Waals surface area contributed by atoms with Gasteiger partial charge in [0.05, 0.1) is 51.8 Å². The van der Waals surface area contributed by atoms with Crippen molar-refractivity contribution >= 4 is 5.91 Å². The van der Waals surface area contributed by atoms with E-state index in [-0.39, 0.29) is 26.2 Å². The molecule has 0 unspecified atom stereocenters. The maximum atomic E-state index is 11.9. The highest BCUT2D eigenvalue weighted by molar-refractivity contribution is 5.73. The first-order valence-electron chi connectivity index (χ1n) is 11.2. The largest absolute Gasteiger partial charge is 0.394 e. The van der Waals surface area contributed by atoms with E-state index in [0.717, 1.165) is 6.92 Å². The SMILES string of the molecule is CC(=O)N[C@]1(O)[C@H](OCCOCCOCCN)O[C@H](CO)[C@@H](O)[C@@H]1O[C@H]1C[C@H](O)[C@H](O)[C@H](C)O1. The average Bonchev–Trinajstić information content (AvgIpc) is 2.77. The molecule has 0 bridgehead atoms. The molecule has 2 saturated heterocycles. The summed E-state index contributed by atoms with van der Waals surface area (Å²) in [7, 11) is 0. The quantitative estimate of drug-likeness (QED) is 0.0958. The smallest absolute Gasteiger partial charge is 0.219 e. The summed E-state index contributed by atoms with van der Waals surface area (Å²) >= 11 is 0. The van der Waals surface area contributed by atoms with Gasteiger partial charge in [0.25, 0.3) is 0 Å². The Kier molecular flexibility index (Phi) is 12.0. The van der Waals surface area contributed by atoms with Crippen molar-refractivity contribution in [2.45, 2.75) is 75.2 Å². The van der Waals surface area contributed by atoms with Crippen LogP contribution in [-0.4, -0.2) is 133 Å². The monoisotopic (exact) mass is 498 g/mol. The van der Waals surface area contributed by atoms with E-state index in [1.807, 2.05) is 0 Å². The highest BCUT2D eigenvalue weighted by Gasteiger charge is 2.58. The molecule has 2 aliphatic rings. The van der Waals surface area contributed by atoms with Crippen molar-refractivity contribution in [3.05, 3.63) is 0 Å². The molecule has 0 saturated carbocycles. The molecule has 34 heavy (non-hydrogen) atoms. The number of carbonyl (C=O) groups is 1. The lowest BCUT2D eigenvalue weighted by molar-refractivity contribution is -0.378. The van der Waals surface area contributed by atoms with Crippen LogP contribution in [0.3, 0.4) is 0 Å². The van der Waals surface area contributed by atoms with Crippen LogP contribution in [0.15, 0.2) is 0 Å². The topological polar surface area (TPSA) is 212 Å². The third-order valence-corrected chi connectivity index (χ3v) is 5.44. The fraction of sp³-hybridized carbons (Fsp3) is 0.950. The van der Waals surface area contributed by atoms with Crippen molar-refractivity contribution in [1.29, 1.82) is 0 Å². The lowest BCUT2D eigenvalue weighted by Crippen LogP contribution is -2.75. The van der Waals surface area contributed by atoms with Crippen LogP contribution < -0.4 is 11.1 Å². The normalized spacial score (nSPS) is 38.6. The van der Waals surface area contributed by atoms with Gasteiger partial charge in [-0.3, -0.25) is 4.79 Å². The molecule has 0 aromatic carbocycles. The number of ether oxygens (including phenoxy) is 6. The summed E-state index contributed by atoms with van der Waals surface area (Å²) in [4.78, 5) is 11.9. The van der Waals surface area contributed by atoms with E-state index < -0.39 is 67.4 Å². The average molecular weight is 499 g/mol. The van der Waals surface area contributed by atoms with E-state index in [2.05, 4.69) is 5.32 Å². The predicted molar refractivity (Wildman–Crippen MR) is 113 cm³/mol. The molecule has 2 fully saturated rings. The molecule has 2 rings (SSSR count). The minimum atomic E-state index is -2.39. The summed E-state index contributed by atoms with van der Waals surface area (Å²) in [6.45, 7) is 3.45. The van der Waals surface area contributed by atoms with Gasteiger partial charge >= 0.3 is 0 Å². The fourth-order valence-electron chi connectivity index (χ4n) is 3.74. The van der Waals surface area contributed by atoms with Crippen LogP contribution in [0.1, 0.15) is 20.3 Å². The Balaban J connectivity index is 2.09. The van der Waals surface area contributed by atoms with Gasteiger partial charge in [0.1, 0.15) is 24.4 Å². The molecule has 2 aliphatic heterocycles. The van der Waals surface area contributed by atoms with Gasteiger partial charge in [-0.2, -0.15) is 0 Å². The van der Waals surface area contributed by atoms with E-state index in [1.165, 1.54) is 6.92 Å². The van der Waals surface area contributed by atoms with Gasteiger partial charge in [-0.15, -0.1) is 0 Å². The predicted octanol–water partition coefficient (Wildman–Crippen LogP) is -3.86. The number of carbonyl (C=O) groups excluding carboxylic acids is 1. The van der Waals surface area contributed by atoms with Crippen LogP contribution in [0.4, 0.5) is 0 Å². The van der Waals surface area contributed by atoms with Crippen LogP contribution in [0.5, 0.6) is 0 Å². The summed E-state index contributed by atoms with van der Waals surface area (Å²) in [5.74, 6) is -0.676. The third-order valence-electron chi connectivity index (χ3n) is 5.44. The zero-order valence-corrected chi connectivity index (χ0v) is 19.4. The van der Waals surface area contributed by atoms with Crippen LogP contribution in [-0.2, 0) is 33.2 Å². The number of aliphatic hydroxyl groups is 5. The molecule has 9 atom stereocenters. The molecule has 14 nitrogen and oxygen atoms in total. The van der Waals surface area contributed by atoms with E-state index in [1.54, 1.807) is 0 Å².